The molecule has 1 heterocycles. The molecule has 56 valence electrons. The van der Waals surface area contributed by atoms with Crippen molar-refractivity contribution in [1.29, 1.82) is 0 Å². The highest BCUT2D eigenvalue weighted by Crippen LogP contribution is 2.68. The molecule has 0 aliphatic carbocycles. The molecule has 1 N–H and O–H groups in total. The van der Waals surface area contributed by atoms with E-state index in [1.54, 1.807) is 16.9 Å². The van der Waals surface area contributed by atoms with E-state index in [-0.39, 0.29) is 0 Å². The Balaban J connectivity index is 2.88. The van der Waals surface area contributed by atoms with Gasteiger partial charge >= 0.3 is 5.97 Å². The summed E-state index contributed by atoms with van der Waals surface area (Å²) < 4.78 is 0. The predicted octanol–water partition coefficient (Wildman–Crippen LogP) is 2.91. The summed E-state index contributed by atoms with van der Waals surface area (Å²) in [6.45, 7) is -1.24. The van der Waals surface area contributed by atoms with Crippen molar-refractivity contribution in [2.75, 3.05) is 0 Å². The summed E-state index contributed by atoms with van der Waals surface area (Å²) in [5.41, 5.74) is 0.337. The van der Waals surface area contributed by atoms with Gasteiger partial charge in [-0.1, -0.05) is 6.89 Å². The number of aliphatic carboxylic acids is 1. The lowest BCUT2D eigenvalue weighted by atomic mass is 10.3. The molecular formula is C5H4Br2O2S. The van der Waals surface area contributed by atoms with Crippen molar-refractivity contribution >= 4 is 42.5 Å². The predicted molar refractivity (Wildman–Crippen MR) is 50.3 cm³/mol. The van der Waals surface area contributed by atoms with E-state index in [2.05, 4.69) is 29.6 Å². The van der Waals surface area contributed by atoms with Gasteiger partial charge in [-0.15, -0.1) is 0 Å². The molecule has 5 heteroatoms. The summed E-state index contributed by atoms with van der Waals surface area (Å²) in [5.74, 6) is -0.885. The van der Waals surface area contributed by atoms with E-state index < -0.39 is 12.9 Å². The van der Waals surface area contributed by atoms with Gasteiger partial charge in [0.05, 0.1) is 5.57 Å². The lowest BCUT2D eigenvalue weighted by Gasteiger charge is -2.10. The van der Waals surface area contributed by atoms with E-state index in [1.807, 2.05) is 0 Å². The van der Waals surface area contributed by atoms with Gasteiger partial charge in [0, 0.05) is 0 Å². The fraction of sp³-hybridized carbons (Fsp3) is 0. The van der Waals surface area contributed by atoms with Crippen molar-refractivity contribution in [3.63, 3.8) is 0 Å². The van der Waals surface area contributed by atoms with E-state index in [9.17, 15) is 4.79 Å². The molecule has 0 fully saturated rings. The van der Waals surface area contributed by atoms with E-state index in [0.29, 0.717) is 5.57 Å². The van der Waals surface area contributed by atoms with E-state index in [1.165, 1.54) is 0 Å². The molecule has 0 radical (unpaired) electrons. The number of carboxylic acid groups (broad SMARTS) is 1. The summed E-state index contributed by atoms with van der Waals surface area (Å²) in [6, 6.07) is 0. The summed E-state index contributed by atoms with van der Waals surface area (Å²) in [7, 11) is 0. The van der Waals surface area contributed by atoms with Crippen molar-refractivity contribution in [2.45, 2.75) is 0 Å². The van der Waals surface area contributed by atoms with Gasteiger partial charge in [0.2, 0.25) is 0 Å². The SMILES string of the molecule is O=C(O)C1=CS(Br)(Br)C=C1. The van der Waals surface area contributed by atoms with Crippen molar-refractivity contribution in [3.8, 4) is 0 Å². The van der Waals surface area contributed by atoms with Crippen LogP contribution in [0.3, 0.4) is 0 Å². The number of rotatable bonds is 1. The Morgan fingerprint density at radius 3 is 2.40 bits per heavy atom. The van der Waals surface area contributed by atoms with Crippen LogP contribution in [0.25, 0.3) is 0 Å². The first-order valence-electron chi connectivity index (χ1n) is 2.37. The molecule has 0 aromatic rings. The van der Waals surface area contributed by atoms with E-state index in [4.69, 9.17) is 5.11 Å². The van der Waals surface area contributed by atoms with E-state index in [0.717, 1.165) is 0 Å². The van der Waals surface area contributed by atoms with Gasteiger partial charge in [0.25, 0.3) is 0 Å². The zero-order valence-electron chi connectivity index (χ0n) is 4.75. The Morgan fingerprint density at radius 2 is 2.20 bits per heavy atom. The molecule has 0 saturated heterocycles. The maximum absolute atomic E-state index is 10.3. The van der Waals surface area contributed by atoms with Crippen LogP contribution in [0.4, 0.5) is 0 Å². The second-order valence-corrected chi connectivity index (χ2v) is 12.4. The molecule has 0 amide bonds. The zero-order chi connectivity index (χ0) is 7.78. The molecule has 0 unspecified atom stereocenters. The van der Waals surface area contributed by atoms with Gasteiger partial charge in [0.15, 0.2) is 0 Å². The Hall–Kier alpha value is 0.260. The van der Waals surface area contributed by atoms with Gasteiger partial charge in [-0.3, -0.25) is 0 Å². The molecule has 0 spiro atoms. The van der Waals surface area contributed by atoms with Crippen LogP contribution in [0, 0.1) is 0 Å². The highest BCUT2D eigenvalue weighted by atomic mass is 79.9. The standard InChI is InChI=1S/C5H4Br2O2S/c6-10(7)2-1-4(3-10)5(8)9/h1-3H,(H,8,9). The minimum atomic E-state index is -1.24. The van der Waals surface area contributed by atoms with Crippen LogP contribution < -0.4 is 0 Å². The third-order valence-corrected chi connectivity index (χ3v) is 4.44. The van der Waals surface area contributed by atoms with Gasteiger partial charge < -0.3 is 5.11 Å². The molecule has 1 aliphatic rings. The maximum Gasteiger partial charge on any atom is 0.336 e. The van der Waals surface area contributed by atoms with Crippen molar-refractivity contribution in [1.82, 2.24) is 0 Å². The van der Waals surface area contributed by atoms with Crippen LogP contribution in [-0.4, -0.2) is 11.1 Å². The molecule has 10 heavy (non-hydrogen) atoms. The van der Waals surface area contributed by atoms with E-state index >= 15 is 0 Å². The Kier molecular flexibility index (Phi) is 2.27. The highest BCUT2D eigenvalue weighted by Gasteiger charge is 2.19. The quantitative estimate of drug-likeness (QED) is 0.805. The van der Waals surface area contributed by atoms with Crippen LogP contribution in [0.15, 0.2) is 22.5 Å². The van der Waals surface area contributed by atoms with Crippen LogP contribution in [-0.2, 0) is 4.79 Å². The topological polar surface area (TPSA) is 37.3 Å². The zero-order valence-corrected chi connectivity index (χ0v) is 8.74. The summed E-state index contributed by atoms with van der Waals surface area (Å²) in [4.78, 5) is 10.3. The summed E-state index contributed by atoms with van der Waals surface area (Å²) in [6.07, 6.45) is 1.58. The first-order chi connectivity index (χ1) is 4.51. The molecule has 0 saturated carbocycles. The number of carboxylic acids is 1. The van der Waals surface area contributed by atoms with Crippen molar-refractivity contribution in [2.24, 2.45) is 0 Å². The maximum atomic E-state index is 10.3. The number of hydrogen-bond donors (Lipinski definition) is 1. The summed E-state index contributed by atoms with van der Waals surface area (Å²) >= 11 is 6.65. The normalized spacial score (nSPS) is 24.0. The minimum absolute atomic E-state index is 0.337. The Bertz CT molecular complexity index is 232. The number of hydrogen-bond acceptors (Lipinski definition) is 1. The second-order valence-electron chi connectivity index (χ2n) is 1.73. The molecular weight excluding hydrogens is 284 g/mol. The molecule has 0 aromatic carbocycles. The lowest BCUT2D eigenvalue weighted by molar-refractivity contribution is -0.132. The first kappa shape index (κ1) is 8.36. The van der Waals surface area contributed by atoms with Crippen molar-refractivity contribution < 1.29 is 9.90 Å². The second kappa shape index (κ2) is 2.71. The fourth-order valence-corrected chi connectivity index (χ4v) is 3.31. The monoisotopic (exact) mass is 286 g/mol. The fourth-order valence-electron chi connectivity index (χ4n) is 0.534. The van der Waals surface area contributed by atoms with Gasteiger partial charge in [-0.05, 0) is 46.5 Å². The molecule has 0 bridgehead atoms. The van der Waals surface area contributed by atoms with Gasteiger partial charge in [-0.25, -0.2) is 4.79 Å². The van der Waals surface area contributed by atoms with Gasteiger partial charge in [0.1, 0.15) is 0 Å². The Labute approximate surface area is 74.7 Å². The molecule has 0 atom stereocenters. The molecule has 1 aliphatic heterocycles. The highest BCUT2D eigenvalue weighted by molar-refractivity contribution is 9.92. The summed E-state index contributed by atoms with van der Waals surface area (Å²) in [5, 5.41) is 12.0. The number of halogens is 2. The minimum Gasteiger partial charge on any atom is -0.478 e. The Morgan fingerprint density at radius 1 is 1.60 bits per heavy atom. The van der Waals surface area contributed by atoms with Crippen LogP contribution in [0.1, 0.15) is 0 Å². The average molecular weight is 288 g/mol. The van der Waals surface area contributed by atoms with Crippen LogP contribution >= 0.6 is 36.5 Å². The largest absolute Gasteiger partial charge is 0.478 e. The van der Waals surface area contributed by atoms with Crippen LogP contribution in [0.2, 0.25) is 0 Å². The van der Waals surface area contributed by atoms with Gasteiger partial charge in [-0.2, -0.15) is 0 Å². The van der Waals surface area contributed by atoms with Crippen molar-refractivity contribution in [3.05, 3.63) is 22.5 Å². The molecule has 0 aromatic heterocycles. The number of carbonyl (C=O) groups is 1. The first-order valence-corrected chi connectivity index (χ1v) is 7.81. The van der Waals surface area contributed by atoms with Crippen LogP contribution in [0.5, 0.6) is 0 Å². The molecule has 2 nitrogen and oxygen atoms in total. The third kappa shape index (κ3) is 1.87. The average Bonchev–Trinajstić information content (AvgIpc) is 2.10. The lowest BCUT2D eigenvalue weighted by Crippen LogP contribution is -1.94. The smallest absolute Gasteiger partial charge is 0.336 e. The third-order valence-electron chi connectivity index (χ3n) is 0.960. The molecule has 1 rings (SSSR count).